The molecule has 2 N–H and O–H groups in total. The summed E-state index contributed by atoms with van der Waals surface area (Å²) in [6, 6.07) is 7.35. The monoisotopic (exact) mass is 336 g/mol. The highest BCUT2D eigenvalue weighted by Gasteiger charge is 2.28. The first-order valence-corrected chi connectivity index (χ1v) is 8.30. The van der Waals surface area contributed by atoms with Crippen LogP contribution >= 0.6 is 11.6 Å². The van der Waals surface area contributed by atoms with Gasteiger partial charge in [0.2, 0.25) is 11.8 Å². The first-order chi connectivity index (χ1) is 11.1. The number of benzene rings is 1. The number of carbonyl (C=O) groups is 2. The Balaban J connectivity index is 1.52. The Morgan fingerprint density at radius 2 is 2.00 bits per heavy atom. The Morgan fingerprint density at radius 1 is 1.22 bits per heavy atom. The minimum atomic E-state index is -0.401. The number of nitrogens with zero attached hydrogens (tertiary/aromatic N) is 2. The summed E-state index contributed by atoms with van der Waals surface area (Å²) >= 11 is 6.03. The lowest BCUT2D eigenvalue weighted by Gasteiger charge is -2.37. The van der Waals surface area contributed by atoms with E-state index < -0.39 is 6.04 Å². The van der Waals surface area contributed by atoms with E-state index in [4.69, 9.17) is 11.6 Å². The molecule has 0 bridgehead atoms. The van der Waals surface area contributed by atoms with Gasteiger partial charge in [-0.2, -0.15) is 0 Å². The fourth-order valence-corrected chi connectivity index (χ4v) is 3.19. The molecule has 1 atom stereocenters. The maximum Gasteiger partial charge on any atom is 0.237 e. The molecule has 0 spiro atoms. The van der Waals surface area contributed by atoms with E-state index in [0.29, 0.717) is 26.2 Å². The molecule has 23 heavy (non-hydrogen) atoms. The number of anilines is 1. The van der Waals surface area contributed by atoms with Gasteiger partial charge in [-0.15, -0.1) is 0 Å². The van der Waals surface area contributed by atoms with Crippen molar-refractivity contribution in [2.45, 2.75) is 12.5 Å². The van der Waals surface area contributed by atoms with Crippen molar-refractivity contribution in [3.05, 3.63) is 29.3 Å². The number of carbonyl (C=O) groups excluding carboxylic acids is 2. The minimum absolute atomic E-state index is 0.0327. The molecule has 1 aromatic carbocycles. The van der Waals surface area contributed by atoms with Crippen LogP contribution in [0.1, 0.15) is 6.42 Å². The largest absolute Gasteiger partial charge is 0.368 e. The third-order valence-electron chi connectivity index (χ3n) is 4.32. The molecule has 0 radical (unpaired) electrons. The summed E-state index contributed by atoms with van der Waals surface area (Å²) in [5, 5.41) is 6.59. The van der Waals surface area contributed by atoms with Crippen molar-refractivity contribution in [3.8, 4) is 0 Å². The molecule has 7 heteroatoms. The van der Waals surface area contributed by atoms with Gasteiger partial charge >= 0.3 is 0 Å². The number of piperazine rings is 2. The van der Waals surface area contributed by atoms with E-state index in [2.05, 4.69) is 15.5 Å². The molecule has 0 unspecified atom stereocenters. The van der Waals surface area contributed by atoms with Crippen LogP contribution in [0.25, 0.3) is 0 Å². The zero-order valence-electron chi connectivity index (χ0n) is 12.9. The summed E-state index contributed by atoms with van der Waals surface area (Å²) < 4.78 is 0. The van der Waals surface area contributed by atoms with Crippen molar-refractivity contribution in [2.24, 2.45) is 0 Å². The third-order valence-corrected chi connectivity index (χ3v) is 4.55. The third kappa shape index (κ3) is 3.95. The molecule has 3 rings (SSSR count). The average molecular weight is 337 g/mol. The molecule has 124 valence electrons. The van der Waals surface area contributed by atoms with E-state index in [1.807, 2.05) is 29.2 Å². The number of amides is 2. The lowest BCUT2D eigenvalue weighted by Crippen LogP contribution is -2.56. The summed E-state index contributed by atoms with van der Waals surface area (Å²) in [5.41, 5.74) is 1.08. The smallest absolute Gasteiger partial charge is 0.237 e. The van der Waals surface area contributed by atoms with Crippen LogP contribution < -0.4 is 15.5 Å². The van der Waals surface area contributed by atoms with Crippen LogP contribution in [-0.4, -0.2) is 62.0 Å². The molecule has 2 saturated heterocycles. The van der Waals surface area contributed by atoms with E-state index in [0.717, 1.165) is 23.8 Å². The van der Waals surface area contributed by atoms with Gasteiger partial charge in [-0.05, 0) is 18.2 Å². The fourth-order valence-electron chi connectivity index (χ4n) is 3.00. The van der Waals surface area contributed by atoms with Crippen LogP contribution in [-0.2, 0) is 9.59 Å². The maximum atomic E-state index is 12.4. The Kier molecular flexibility index (Phi) is 5.03. The van der Waals surface area contributed by atoms with Crippen molar-refractivity contribution in [3.63, 3.8) is 0 Å². The molecule has 1 aromatic rings. The first kappa shape index (κ1) is 16.1. The number of hydrogen-bond acceptors (Lipinski definition) is 4. The van der Waals surface area contributed by atoms with Crippen molar-refractivity contribution in [2.75, 3.05) is 44.2 Å². The predicted molar refractivity (Wildman–Crippen MR) is 89.7 cm³/mol. The molecule has 2 aliphatic rings. The second-order valence-corrected chi connectivity index (χ2v) is 6.29. The van der Waals surface area contributed by atoms with Gasteiger partial charge in [0.1, 0.15) is 0 Å². The molecule has 0 aliphatic carbocycles. The molecule has 2 fully saturated rings. The normalized spacial score (nSPS) is 22.0. The van der Waals surface area contributed by atoms with Crippen LogP contribution in [0.4, 0.5) is 5.69 Å². The van der Waals surface area contributed by atoms with E-state index in [1.54, 1.807) is 0 Å². The van der Waals surface area contributed by atoms with Gasteiger partial charge in [0, 0.05) is 50.0 Å². The summed E-state index contributed by atoms with van der Waals surface area (Å²) in [6.07, 6.45) is 0.225. The first-order valence-electron chi connectivity index (χ1n) is 7.93. The minimum Gasteiger partial charge on any atom is -0.368 e. The summed E-state index contributed by atoms with van der Waals surface area (Å²) in [4.78, 5) is 28.2. The second kappa shape index (κ2) is 7.19. The van der Waals surface area contributed by atoms with Crippen LogP contribution in [0.2, 0.25) is 5.02 Å². The van der Waals surface area contributed by atoms with Crippen LogP contribution in [0, 0.1) is 0 Å². The number of rotatable bonds is 3. The highest BCUT2D eigenvalue weighted by atomic mass is 35.5. The zero-order valence-corrected chi connectivity index (χ0v) is 13.7. The lowest BCUT2D eigenvalue weighted by molar-refractivity contribution is -0.135. The van der Waals surface area contributed by atoms with Gasteiger partial charge in [-0.1, -0.05) is 17.7 Å². The van der Waals surface area contributed by atoms with Crippen LogP contribution in [0.5, 0.6) is 0 Å². The Hall–Kier alpha value is -1.79. The average Bonchev–Trinajstić information content (AvgIpc) is 2.57. The van der Waals surface area contributed by atoms with Crippen molar-refractivity contribution < 1.29 is 9.59 Å². The molecule has 0 aromatic heterocycles. The Labute approximate surface area is 140 Å². The van der Waals surface area contributed by atoms with Crippen molar-refractivity contribution >= 4 is 29.1 Å². The lowest BCUT2D eigenvalue weighted by atomic mass is 10.1. The Bertz CT molecular complexity index is 587. The van der Waals surface area contributed by atoms with E-state index in [1.165, 1.54) is 0 Å². The van der Waals surface area contributed by atoms with Crippen molar-refractivity contribution in [1.29, 1.82) is 0 Å². The summed E-state index contributed by atoms with van der Waals surface area (Å²) in [7, 11) is 0. The predicted octanol–water partition coefficient (Wildman–Crippen LogP) is 0.467. The SMILES string of the molecule is O=C1NCCN[C@H]1CC(=O)N1CCN(c2cccc(Cl)c2)CC1. The molecule has 2 heterocycles. The summed E-state index contributed by atoms with van der Waals surface area (Å²) in [5.74, 6) is -0.0487. The molecule has 2 aliphatic heterocycles. The van der Waals surface area contributed by atoms with Gasteiger partial charge in [-0.3, -0.25) is 9.59 Å². The van der Waals surface area contributed by atoms with Gasteiger partial charge in [0.25, 0.3) is 0 Å². The molecular formula is C16H21ClN4O2. The summed E-state index contributed by atoms with van der Waals surface area (Å²) in [6.45, 7) is 4.22. The standard InChI is InChI=1S/C16H21ClN4O2/c17-12-2-1-3-13(10-12)20-6-8-21(9-7-20)15(22)11-14-16(23)19-5-4-18-14/h1-3,10,14,18H,4-9,11H2,(H,19,23)/t14-/m0/s1. The second-order valence-electron chi connectivity index (χ2n) is 5.85. The fraction of sp³-hybridized carbons (Fsp3) is 0.500. The maximum absolute atomic E-state index is 12.4. The van der Waals surface area contributed by atoms with Crippen molar-refractivity contribution in [1.82, 2.24) is 15.5 Å². The molecular weight excluding hydrogens is 316 g/mol. The number of halogens is 1. The number of hydrogen-bond donors (Lipinski definition) is 2. The molecule has 6 nitrogen and oxygen atoms in total. The number of nitrogens with one attached hydrogen (secondary N) is 2. The molecule has 2 amide bonds. The molecule has 0 saturated carbocycles. The highest BCUT2D eigenvalue weighted by molar-refractivity contribution is 6.30. The quantitative estimate of drug-likeness (QED) is 0.842. The Morgan fingerprint density at radius 3 is 2.70 bits per heavy atom. The highest BCUT2D eigenvalue weighted by Crippen LogP contribution is 2.21. The van der Waals surface area contributed by atoms with E-state index in [-0.39, 0.29) is 18.2 Å². The zero-order chi connectivity index (χ0) is 16.2. The van der Waals surface area contributed by atoms with Crippen LogP contribution in [0.15, 0.2) is 24.3 Å². The van der Waals surface area contributed by atoms with Crippen LogP contribution in [0.3, 0.4) is 0 Å². The van der Waals surface area contributed by atoms with E-state index in [9.17, 15) is 9.59 Å². The van der Waals surface area contributed by atoms with Gasteiger partial charge in [0.15, 0.2) is 0 Å². The van der Waals surface area contributed by atoms with Gasteiger partial charge in [0.05, 0.1) is 12.5 Å². The van der Waals surface area contributed by atoms with Gasteiger partial charge < -0.3 is 20.4 Å². The topological polar surface area (TPSA) is 64.7 Å². The van der Waals surface area contributed by atoms with E-state index >= 15 is 0 Å². The van der Waals surface area contributed by atoms with Gasteiger partial charge in [-0.25, -0.2) is 0 Å².